The van der Waals surface area contributed by atoms with Gasteiger partial charge in [0, 0.05) is 38.8 Å². The van der Waals surface area contributed by atoms with Crippen LogP contribution < -0.4 is 0 Å². The topological polar surface area (TPSA) is 6.48 Å². The molecule has 1 unspecified atom stereocenters. The van der Waals surface area contributed by atoms with Gasteiger partial charge in [-0.25, -0.2) is 0 Å². The first-order valence-corrected chi connectivity index (χ1v) is 11.4. The molecule has 2 bridgehead atoms. The van der Waals surface area contributed by atoms with E-state index >= 15 is 0 Å². The van der Waals surface area contributed by atoms with E-state index < -0.39 is 0 Å². The van der Waals surface area contributed by atoms with Gasteiger partial charge in [0.1, 0.15) is 0 Å². The Morgan fingerprint density at radius 2 is 1.04 bits per heavy atom. The highest BCUT2D eigenvalue weighted by Crippen LogP contribution is 2.20. The van der Waals surface area contributed by atoms with Crippen molar-refractivity contribution in [3.8, 4) is 0 Å². The highest BCUT2D eigenvalue weighted by molar-refractivity contribution is 4.87. The molecule has 2 heteroatoms. The van der Waals surface area contributed by atoms with Crippen LogP contribution in [0.25, 0.3) is 0 Å². The average Bonchev–Trinajstić information content (AvgIpc) is 2.63. The largest absolute Gasteiger partial charge is 0.299 e. The monoisotopic (exact) mass is 336 g/mol. The van der Waals surface area contributed by atoms with Crippen LogP contribution in [0.2, 0.25) is 0 Å². The van der Waals surface area contributed by atoms with E-state index in [0.29, 0.717) is 0 Å². The van der Waals surface area contributed by atoms with Crippen LogP contribution in [0.15, 0.2) is 0 Å². The van der Waals surface area contributed by atoms with Gasteiger partial charge >= 0.3 is 0 Å². The first-order valence-electron chi connectivity index (χ1n) is 11.4. The van der Waals surface area contributed by atoms with E-state index in [9.17, 15) is 0 Å². The first kappa shape index (κ1) is 20.2. The van der Waals surface area contributed by atoms with E-state index in [1.807, 2.05) is 0 Å². The fraction of sp³-hybridized carbons (Fsp3) is 1.00. The summed E-state index contributed by atoms with van der Waals surface area (Å²) in [5.41, 5.74) is 0. The highest BCUT2D eigenvalue weighted by atomic mass is 15.3. The zero-order chi connectivity index (χ0) is 16.9. The molecule has 0 aromatic heterocycles. The Labute approximate surface area is 152 Å². The predicted molar refractivity (Wildman–Crippen MR) is 107 cm³/mol. The summed E-state index contributed by atoms with van der Waals surface area (Å²) in [5.74, 6) is 0. The second-order valence-electron chi connectivity index (χ2n) is 8.38. The molecule has 3 aliphatic heterocycles. The number of hydrogen-bond acceptors (Lipinski definition) is 2. The smallest absolute Gasteiger partial charge is 0.0224 e. The Morgan fingerprint density at radius 3 is 1.46 bits per heavy atom. The number of piperazine rings is 3. The van der Waals surface area contributed by atoms with Crippen molar-refractivity contribution in [2.24, 2.45) is 0 Å². The molecule has 0 radical (unpaired) electrons. The van der Waals surface area contributed by atoms with Gasteiger partial charge in [-0.15, -0.1) is 0 Å². The highest BCUT2D eigenvalue weighted by Gasteiger charge is 2.30. The number of fused-ring (bicyclic) bond motifs is 3. The normalized spacial score (nSPS) is 26.1. The van der Waals surface area contributed by atoms with E-state index in [0.717, 1.165) is 6.04 Å². The van der Waals surface area contributed by atoms with Crippen molar-refractivity contribution in [1.29, 1.82) is 0 Å². The van der Waals surface area contributed by atoms with E-state index in [2.05, 4.69) is 16.7 Å². The van der Waals surface area contributed by atoms with Crippen molar-refractivity contribution in [2.45, 2.75) is 109 Å². The molecule has 0 aliphatic carbocycles. The van der Waals surface area contributed by atoms with Crippen molar-refractivity contribution in [2.75, 3.05) is 32.7 Å². The summed E-state index contributed by atoms with van der Waals surface area (Å²) in [6.07, 6.45) is 22.0. The Balaban J connectivity index is 1.28. The summed E-state index contributed by atoms with van der Waals surface area (Å²) in [5, 5.41) is 0. The molecule has 24 heavy (non-hydrogen) atoms. The van der Waals surface area contributed by atoms with Crippen molar-refractivity contribution in [1.82, 2.24) is 9.80 Å². The molecule has 0 aromatic carbocycles. The number of unbranched alkanes of at least 4 members (excludes halogenated alkanes) is 13. The van der Waals surface area contributed by atoms with Crippen molar-refractivity contribution < 1.29 is 0 Å². The van der Waals surface area contributed by atoms with E-state index in [1.165, 1.54) is 129 Å². The lowest BCUT2D eigenvalue weighted by Crippen LogP contribution is -2.60. The maximum absolute atomic E-state index is 2.75. The van der Waals surface area contributed by atoms with Gasteiger partial charge in [0.15, 0.2) is 0 Å². The molecule has 142 valence electrons. The SMILES string of the molecule is CCCCCCCCCCCCCCCCC1CN2CCN1CC2. The fourth-order valence-corrected chi connectivity index (χ4v) is 4.57. The quantitative estimate of drug-likeness (QED) is 0.346. The molecular weight excluding hydrogens is 292 g/mol. The summed E-state index contributed by atoms with van der Waals surface area (Å²) < 4.78 is 0. The van der Waals surface area contributed by atoms with Crippen LogP contribution >= 0.6 is 0 Å². The van der Waals surface area contributed by atoms with Crippen molar-refractivity contribution >= 4 is 0 Å². The second-order valence-corrected chi connectivity index (χ2v) is 8.38. The molecule has 1 atom stereocenters. The predicted octanol–water partition coefficient (Wildman–Crippen LogP) is 5.86. The summed E-state index contributed by atoms with van der Waals surface area (Å²) in [7, 11) is 0. The fourth-order valence-electron chi connectivity index (χ4n) is 4.57. The standard InChI is InChI=1S/C22H44N2/c1-2-3-4-5-6-7-8-9-10-11-12-13-14-15-16-22-21-23-17-19-24(22)20-18-23/h22H,2-21H2,1H3. The minimum absolute atomic E-state index is 0.893. The Hall–Kier alpha value is -0.0800. The van der Waals surface area contributed by atoms with Crippen LogP contribution in [0.5, 0.6) is 0 Å². The summed E-state index contributed by atoms with van der Waals surface area (Å²) in [6.45, 7) is 8.99. The van der Waals surface area contributed by atoms with Crippen LogP contribution in [-0.4, -0.2) is 48.6 Å². The van der Waals surface area contributed by atoms with Gasteiger partial charge in [-0.3, -0.25) is 9.80 Å². The average molecular weight is 337 g/mol. The third-order valence-corrected chi connectivity index (χ3v) is 6.28. The molecular formula is C22H44N2. The van der Waals surface area contributed by atoms with E-state index in [-0.39, 0.29) is 0 Å². The molecule has 0 saturated carbocycles. The molecule has 0 amide bonds. The van der Waals surface area contributed by atoms with Gasteiger partial charge in [-0.2, -0.15) is 0 Å². The maximum atomic E-state index is 2.75. The van der Waals surface area contributed by atoms with Gasteiger partial charge in [-0.1, -0.05) is 96.8 Å². The van der Waals surface area contributed by atoms with Crippen LogP contribution in [0.4, 0.5) is 0 Å². The molecule has 2 nitrogen and oxygen atoms in total. The third-order valence-electron chi connectivity index (χ3n) is 6.28. The van der Waals surface area contributed by atoms with Crippen molar-refractivity contribution in [3.63, 3.8) is 0 Å². The van der Waals surface area contributed by atoms with Gasteiger partial charge in [0.25, 0.3) is 0 Å². The van der Waals surface area contributed by atoms with Gasteiger partial charge < -0.3 is 0 Å². The summed E-state index contributed by atoms with van der Waals surface area (Å²) in [6, 6.07) is 0.893. The molecule has 3 saturated heterocycles. The number of nitrogens with zero attached hydrogens (tertiary/aromatic N) is 2. The van der Waals surface area contributed by atoms with Gasteiger partial charge in [0.05, 0.1) is 0 Å². The number of hydrogen-bond donors (Lipinski definition) is 0. The summed E-state index contributed by atoms with van der Waals surface area (Å²) in [4.78, 5) is 5.43. The lowest BCUT2D eigenvalue weighted by atomic mass is 10.00. The minimum atomic E-state index is 0.893. The lowest BCUT2D eigenvalue weighted by Gasteiger charge is -2.47. The minimum Gasteiger partial charge on any atom is -0.299 e. The zero-order valence-electron chi connectivity index (χ0n) is 16.6. The third kappa shape index (κ3) is 8.34. The maximum Gasteiger partial charge on any atom is 0.0224 e. The van der Waals surface area contributed by atoms with Gasteiger partial charge in [-0.05, 0) is 6.42 Å². The first-order chi connectivity index (χ1) is 11.9. The second kappa shape index (κ2) is 13.2. The number of rotatable bonds is 15. The van der Waals surface area contributed by atoms with Crippen LogP contribution in [0.1, 0.15) is 103 Å². The Morgan fingerprint density at radius 1 is 0.583 bits per heavy atom. The molecule has 3 heterocycles. The molecule has 0 spiro atoms. The lowest BCUT2D eigenvalue weighted by molar-refractivity contribution is 0.00885. The van der Waals surface area contributed by atoms with Crippen LogP contribution in [0, 0.1) is 0 Å². The molecule has 3 fully saturated rings. The Kier molecular flexibility index (Phi) is 11.1. The van der Waals surface area contributed by atoms with E-state index in [4.69, 9.17) is 0 Å². The molecule has 3 aliphatic rings. The van der Waals surface area contributed by atoms with E-state index in [1.54, 1.807) is 0 Å². The van der Waals surface area contributed by atoms with Crippen LogP contribution in [-0.2, 0) is 0 Å². The molecule has 3 rings (SSSR count). The van der Waals surface area contributed by atoms with Gasteiger partial charge in [0.2, 0.25) is 0 Å². The Bertz CT molecular complexity index is 284. The summed E-state index contributed by atoms with van der Waals surface area (Å²) >= 11 is 0. The zero-order valence-corrected chi connectivity index (χ0v) is 16.6. The molecule has 0 aromatic rings. The van der Waals surface area contributed by atoms with Crippen LogP contribution in [0.3, 0.4) is 0 Å². The van der Waals surface area contributed by atoms with Crippen molar-refractivity contribution in [3.05, 3.63) is 0 Å². The molecule has 0 N–H and O–H groups in total.